The fourth-order valence-electron chi connectivity index (χ4n) is 4.87. The molecule has 3 aliphatic heterocycles. The third-order valence-corrected chi connectivity index (χ3v) is 6.82. The molecule has 0 aliphatic carbocycles. The van der Waals surface area contributed by atoms with E-state index in [1.165, 1.54) is 0 Å². The highest BCUT2D eigenvalue weighted by molar-refractivity contribution is 5.68. The number of hydrogen-bond donors (Lipinski definition) is 0. The van der Waals surface area contributed by atoms with E-state index in [1.807, 2.05) is 48.5 Å². The number of para-hydroxylation sites is 1. The summed E-state index contributed by atoms with van der Waals surface area (Å²) < 4.78 is 28.7. The standard InChI is InChI=1S/C31H28O5/c1-3-27-29(4-2)36-30-8-6-5-7-28(30)31(27,21-9-13-23(14-10-21)32-17-25-19-34-25)22-11-15-24(16-12-22)33-18-26-20-35-26/h3-16,25-26H,1-2,17-20H2. The zero-order valence-corrected chi connectivity index (χ0v) is 20.0. The van der Waals surface area contributed by atoms with Crippen molar-refractivity contribution in [1.29, 1.82) is 0 Å². The first kappa shape index (κ1) is 22.7. The number of allylic oxidation sites excluding steroid dienone is 3. The Morgan fingerprint density at radius 1 is 0.750 bits per heavy atom. The third-order valence-electron chi connectivity index (χ3n) is 6.82. The number of rotatable bonds is 10. The lowest BCUT2D eigenvalue weighted by Crippen LogP contribution is -2.35. The lowest BCUT2D eigenvalue weighted by molar-refractivity contribution is 0.263. The topological polar surface area (TPSA) is 52.8 Å². The summed E-state index contributed by atoms with van der Waals surface area (Å²) in [5.41, 5.74) is 3.43. The molecule has 0 N–H and O–H groups in total. The van der Waals surface area contributed by atoms with Gasteiger partial charge >= 0.3 is 0 Å². The number of ether oxygens (including phenoxy) is 5. The van der Waals surface area contributed by atoms with Gasteiger partial charge in [-0.3, -0.25) is 0 Å². The maximum absolute atomic E-state index is 6.29. The fraction of sp³-hybridized carbons (Fsp3) is 0.226. The Balaban J connectivity index is 1.49. The largest absolute Gasteiger partial charge is 0.491 e. The minimum Gasteiger partial charge on any atom is -0.491 e. The molecule has 2 atom stereocenters. The van der Waals surface area contributed by atoms with Crippen LogP contribution < -0.4 is 14.2 Å². The van der Waals surface area contributed by atoms with Crippen LogP contribution >= 0.6 is 0 Å². The van der Waals surface area contributed by atoms with Crippen molar-refractivity contribution in [3.63, 3.8) is 0 Å². The number of hydrogen-bond acceptors (Lipinski definition) is 5. The van der Waals surface area contributed by atoms with Gasteiger partial charge in [-0.25, -0.2) is 0 Å². The second kappa shape index (κ2) is 9.34. The molecular formula is C31H28O5. The van der Waals surface area contributed by atoms with Crippen molar-refractivity contribution in [2.24, 2.45) is 0 Å². The molecule has 3 heterocycles. The first-order valence-corrected chi connectivity index (χ1v) is 12.2. The minimum atomic E-state index is -0.670. The van der Waals surface area contributed by atoms with E-state index in [9.17, 15) is 0 Å². The molecule has 0 bridgehead atoms. The van der Waals surface area contributed by atoms with Crippen LogP contribution in [0.2, 0.25) is 0 Å². The molecule has 0 amide bonds. The summed E-state index contributed by atoms with van der Waals surface area (Å²) in [5, 5.41) is 0. The van der Waals surface area contributed by atoms with E-state index in [0.29, 0.717) is 19.0 Å². The van der Waals surface area contributed by atoms with Gasteiger partial charge in [0.1, 0.15) is 48.4 Å². The van der Waals surface area contributed by atoms with Gasteiger partial charge in [-0.05, 0) is 47.5 Å². The van der Waals surface area contributed by atoms with Crippen molar-refractivity contribution in [3.05, 3.63) is 126 Å². The molecule has 6 rings (SSSR count). The van der Waals surface area contributed by atoms with Crippen LogP contribution in [0.5, 0.6) is 17.2 Å². The molecule has 3 aromatic rings. The van der Waals surface area contributed by atoms with Crippen LogP contribution in [0.4, 0.5) is 0 Å². The quantitative estimate of drug-likeness (QED) is 0.354. The van der Waals surface area contributed by atoms with Gasteiger partial charge in [-0.15, -0.1) is 0 Å². The monoisotopic (exact) mass is 480 g/mol. The average Bonchev–Trinajstić information content (AvgIpc) is 3.86. The van der Waals surface area contributed by atoms with Gasteiger partial charge in [0, 0.05) is 11.1 Å². The van der Waals surface area contributed by atoms with Crippen LogP contribution in [0.15, 0.2) is 109 Å². The van der Waals surface area contributed by atoms with Gasteiger partial charge in [0.15, 0.2) is 0 Å². The zero-order valence-electron chi connectivity index (χ0n) is 20.0. The van der Waals surface area contributed by atoms with Gasteiger partial charge in [-0.1, -0.05) is 61.7 Å². The molecule has 2 unspecified atom stereocenters. The van der Waals surface area contributed by atoms with E-state index in [2.05, 4.69) is 43.5 Å². The molecule has 0 spiro atoms. The Morgan fingerprint density at radius 3 is 1.75 bits per heavy atom. The van der Waals surface area contributed by atoms with Gasteiger partial charge in [-0.2, -0.15) is 0 Å². The zero-order chi connectivity index (χ0) is 24.5. The van der Waals surface area contributed by atoms with Gasteiger partial charge < -0.3 is 23.7 Å². The van der Waals surface area contributed by atoms with E-state index < -0.39 is 5.41 Å². The molecule has 36 heavy (non-hydrogen) atoms. The van der Waals surface area contributed by atoms with E-state index >= 15 is 0 Å². The Bertz CT molecular complexity index is 1240. The van der Waals surface area contributed by atoms with Gasteiger partial charge in [0.2, 0.25) is 0 Å². The summed E-state index contributed by atoms with van der Waals surface area (Å²) in [5.74, 6) is 3.09. The van der Waals surface area contributed by atoms with Crippen LogP contribution in [0.1, 0.15) is 16.7 Å². The van der Waals surface area contributed by atoms with Crippen molar-refractivity contribution in [2.75, 3.05) is 26.4 Å². The molecule has 2 fully saturated rings. The summed E-state index contributed by atoms with van der Waals surface area (Å²) in [6.45, 7) is 10.9. The maximum atomic E-state index is 6.29. The lowest BCUT2D eigenvalue weighted by atomic mass is 9.63. The Kier molecular flexibility index (Phi) is 5.88. The summed E-state index contributed by atoms with van der Waals surface area (Å²) in [4.78, 5) is 0. The second-order valence-corrected chi connectivity index (χ2v) is 9.12. The smallest absolute Gasteiger partial charge is 0.132 e. The van der Waals surface area contributed by atoms with E-state index in [4.69, 9.17) is 23.7 Å². The Labute approximate surface area is 211 Å². The van der Waals surface area contributed by atoms with Gasteiger partial charge in [0.05, 0.1) is 18.6 Å². The van der Waals surface area contributed by atoms with Crippen LogP contribution in [0.25, 0.3) is 0 Å². The summed E-state index contributed by atoms with van der Waals surface area (Å²) in [6.07, 6.45) is 4.03. The summed E-state index contributed by atoms with van der Waals surface area (Å²) in [6, 6.07) is 24.6. The Morgan fingerprint density at radius 2 is 1.28 bits per heavy atom. The van der Waals surface area contributed by atoms with E-state index in [-0.39, 0.29) is 12.2 Å². The average molecular weight is 481 g/mol. The van der Waals surface area contributed by atoms with Crippen molar-refractivity contribution < 1.29 is 23.7 Å². The van der Waals surface area contributed by atoms with Crippen molar-refractivity contribution >= 4 is 0 Å². The third kappa shape index (κ3) is 4.11. The molecule has 0 saturated carbocycles. The maximum Gasteiger partial charge on any atom is 0.132 e. The number of fused-ring (bicyclic) bond motifs is 1. The molecule has 5 heteroatoms. The highest BCUT2D eigenvalue weighted by atomic mass is 16.6. The molecular weight excluding hydrogens is 452 g/mol. The van der Waals surface area contributed by atoms with Gasteiger partial charge in [0.25, 0.3) is 0 Å². The summed E-state index contributed by atoms with van der Waals surface area (Å²) in [7, 11) is 0. The molecule has 0 radical (unpaired) electrons. The molecule has 0 aromatic heterocycles. The normalized spacial score (nSPS) is 23.8. The van der Waals surface area contributed by atoms with Crippen LogP contribution in [0, 0.1) is 0 Å². The SMILES string of the molecule is C=CC1=C(C=C)C(c2ccc(OCC3CO3)cc2)(c2ccc(OCC3CO3)cc2)c2ccccc2O1. The van der Waals surface area contributed by atoms with Crippen molar-refractivity contribution in [3.8, 4) is 17.2 Å². The van der Waals surface area contributed by atoms with Crippen LogP contribution in [-0.2, 0) is 14.9 Å². The molecule has 182 valence electrons. The van der Waals surface area contributed by atoms with E-state index in [1.54, 1.807) is 6.08 Å². The molecule has 2 saturated heterocycles. The number of epoxide rings is 2. The molecule has 3 aliphatic rings. The van der Waals surface area contributed by atoms with E-state index in [0.717, 1.165) is 52.7 Å². The highest BCUT2D eigenvalue weighted by Crippen LogP contribution is 2.53. The van der Waals surface area contributed by atoms with Crippen molar-refractivity contribution in [2.45, 2.75) is 17.6 Å². The lowest BCUT2D eigenvalue weighted by Gasteiger charge is -2.41. The highest BCUT2D eigenvalue weighted by Gasteiger charge is 2.45. The van der Waals surface area contributed by atoms with Crippen LogP contribution in [0.3, 0.4) is 0 Å². The second-order valence-electron chi connectivity index (χ2n) is 9.12. The predicted octanol–water partition coefficient (Wildman–Crippen LogP) is 5.59. The molecule has 3 aromatic carbocycles. The number of benzene rings is 3. The molecule has 5 nitrogen and oxygen atoms in total. The fourth-order valence-corrected chi connectivity index (χ4v) is 4.87. The van der Waals surface area contributed by atoms with Crippen molar-refractivity contribution in [1.82, 2.24) is 0 Å². The Hall–Kier alpha value is -3.80. The van der Waals surface area contributed by atoms with Crippen LogP contribution in [-0.4, -0.2) is 38.6 Å². The minimum absolute atomic E-state index is 0.205. The summed E-state index contributed by atoms with van der Waals surface area (Å²) >= 11 is 0. The first-order valence-electron chi connectivity index (χ1n) is 12.2. The first-order chi connectivity index (χ1) is 17.7. The predicted molar refractivity (Wildman–Crippen MR) is 138 cm³/mol.